The molecule has 92 valence electrons. The lowest BCUT2D eigenvalue weighted by atomic mass is 9.97. The van der Waals surface area contributed by atoms with Crippen LogP contribution in [0.2, 0.25) is 0 Å². The van der Waals surface area contributed by atoms with Crippen LogP contribution < -0.4 is 11.1 Å². The molecule has 1 amide bonds. The molecule has 1 saturated carbocycles. The number of nitrogens with one attached hydrogen (secondary N) is 1. The van der Waals surface area contributed by atoms with E-state index < -0.39 is 5.54 Å². The number of rotatable bonds is 3. The van der Waals surface area contributed by atoms with E-state index in [1.54, 1.807) is 0 Å². The van der Waals surface area contributed by atoms with Crippen LogP contribution >= 0.6 is 0 Å². The van der Waals surface area contributed by atoms with Crippen molar-refractivity contribution < 1.29 is 4.79 Å². The van der Waals surface area contributed by atoms with Crippen LogP contribution in [-0.2, 0) is 4.79 Å². The van der Waals surface area contributed by atoms with Gasteiger partial charge >= 0.3 is 0 Å². The number of hydrogen-bond donors (Lipinski definition) is 2. The van der Waals surface area contributed by atoms with E-state index in [1.165, 1.54) is 0 Å². The molecule has 1 fully saturated rings. The highest BCUT2D eigenvalue weighted by Gasteiger charge is 2.37. The molecule has 1 unspecified atom stereocenters. The zero-order chi connectivity index (χ0) is 12.3. The third-order valence-corrected chi connectivity index (χ3v) is 3.60. The standard InChI is InChI=1S/C14H20N2O/c1-11(12-7-3-2-4-8-12)16-13(17)14(15)9-5-6-10-14/h2-4,7-8,11H,5-6,9-10,15H2,1H3,(H,16,17). The van der Waals surface area contributed by atoms with Crippen molar-refractivity contribution in [2.75, 3.05) is 0 Å². The first-order valence-electron chi connectivity index (χ1n) is 6.27. The van der Waals surface area contributed by atoms with Gasteiger partial charge in [-0.3, -0.25) is 4.79 Å². The Labute approximate surface area is 102 Å². The van der Waals surface area contributed by atoms with Crippen LogP contribution in [0.15, 0.2) is 30.3 Å². The molecule has 3 heteroatoms. The molecule has 1 aromatic rings. The number of amides is 1. The van der Waals surface area contributed by atoms with E-state index in [4.69, 9.17) is 5.73 Å². The minimum absolute atomic E-state index is 0.00801. The molecule has 0 saturated heterocycles. The smallest absolute Gasteiger partial charge is 0.240 e. The Bertz CT molecular complexity index is 382. The third kappa shape index (κ3) is 2.67. The first-order valence-corrected chi connectivity index (χ1v) is 6.27. The highest BCUT2D eigenvalue weighted by molar-refractivity contribution is 5.86. The summed E-state index contributed by atoms with van der Waals surface area (Å²) in [6, 6.07) is 9.98. The maximum absolute atomic E-state index is 12.1. The molecule has 0 aromatic heterocycles. The Hall–Kier alpha value is -1.35. The van der Waals surface area contributed by atoms with Crippen molar-refractivity contribution >= 4 is 5.91 Å². The van der Waals surface area contributed by atoms with Crippen molar-refractivity contribution in [3.8, 4) is 0 Å². The summed E-state index contributed by atoms with van der Waals surface area (Å²) in [7, 11) is 0. The molecular formula is C14H20N2O. The maximum atomic E-state index is 12.1. The SMILES string of the molecule is CC(NC(=O)C1(N)CCCC1)c1ccccc1. The molecule has 3 N–H and O–H groups in total. The Morgan fingerprint density at radius 1 is 1.29 bits per heavy atom. The number of carbonyl (C=O) groups is 1. The van der Waals surface area contributed by atoms with E-state index in [-0.39, 0.29) is 11.9 Å². The second kappa shape index (κ2) is 4.88. The van der Waals surface area contributed by atoms with E-state index >= 15 is 0 Å². The molecule has 0 heterocycles. The van der Waals surface area contributed by atoms with Gasteiger partial charge in [0.05, 0.1) is 11.6 Å². The first-order chi connectivity index (χ1) is 8.12. The van der Waals surface area contributed by atoms with Crippen LogP contribution in [-0.4, -0.2) is 11.4 Å². The van der Waals surface area contributed by atoms with Gasteiger partial charge in [-0.05, 0) is 25.3 Å². The summed E-state index contributed by atoms with van der Waals surface area (Å²) >= 11 is 0. The maximum Gasteiger partial charge on any atom is 0.240 e. The molecule has 17 heavy (non-hydrogen) atoms. The van der Waals surface area contributed by atoms with Crippen LogP contribution in [0.1, 0.15) is 44.2 Å². The van der Waals surface area contributed by atoms with Crippen LogP contribution in [0.4, 0.5) is 0 Å². The van der Waals surface area contributed by atoms with Crippen molar-refractivity contribution in [3.05, 3.63) is 35.9 Å². The van der Waals surface area contributed by atoms with Gasteiger partial charge in [0, 0.05) is 0 Å². The fourth-order valence-corrected chi connectivity index (χ4v) is 2.40. The minimum atomic E-state index is -0.636. The zero-order valence-electron chi connectivity index (χ0n) is 10.3. The van der Waals surface area contributed by atoms with E-state index in [0.29, 0.717) is 0 Å². The number of benzene rings is 1. The number of hydrogen-bond acceptors (Lipinski definition) is 2. The summed E-state index contributed by atoms with van der Waals surface area (Å²) in [5, 5.41) is 3.01. The highest BCUT2D eigenvalue weighted by atomic mass is 16.2. The molecule has 0 bridgehead atoms. The van der Waals surface area contributed by atoms with Gasteiger partial charge in [0.25, 0.3) is 0 Å². The van der Waals surface area contributed by atoms with Gasteiger partial charge in [-0.25, -0.2) is 0 Å². The molecule has 0 radical (unpaired) electrons. The lowest BCUT2D eigenvalue weighted by molar-refractivity contribution is -0.126. The van der Waals surface area contributed by atoms with Gasteiger partial charge in [-0.1, -0.05) is 43.2 Å². The monoisotopic (exact) mass is 232 g/mol. The molecule has 1 aliphatic carbocycles. The Kier molecular flexibility index (Phi) is 3.48. The van der Waals surface area contributed by atoms with Gasteiger partial charge in [-0.2, -0.15) is 0 Å². The Balaban J connectivity index is 1.99. The summed E-state index contributed by atoms with van der Waals surface area (Å²) in [4.78, 5) is 12.1. The second-order valence-corrected chi connectivity index (χ2v) is 4.97. The zero-order valence-corrected chi connectivity index (χ0v) is 10.3. The average Bonchev–Trinajstić information content (AvgIpc) is 2.78. The molecular weight excluding hydrogens is 212 g/mol. The molecule has 0 spiro atoms. The van der Waals surface area contributed by atoms with Crippen molar-refractivity contribution in [1.29, 1.82) is 0 Å². The van der Waals surface area contributed by atoms with E-state index in [1.807, 2.05) is 37.3 Å². The summed E-state index contributed by atoms with van der Waals surface area (Å²) in [6.45, 7) is 1.99. The normalized spacial score (nSPS) is 19.9. The van der Waals surface area contributed by atoms with Crippen molar-refractivity contribution in [2.45, 2.75) is 44.2 Å². The van der Waals surface area contributed by atoms with Crippen LogP contribution in [0.3, 0.4) is 0 Å². The summed E-state index contributed by atoms with van der Waals surface area (Å²) in [5.41, 5.74) is 6.59. The fraction of sp³-hybridized carbons (Fsp3) is 0.500. The van der Waals surface area contributed by atoms with Crippen LogP contribution in [0, 0.1) is 0 Å². The number of nitrogens with two attached hydrogens (primary N) is 1. The average molecular weight is 232 g/mol. The van der Waals surface area contributed by atoms with Gasteiger partial charge in [0.2, 0.25) is 5.91 Å². The summed E-state index contributed by atoms with van der Waals surface area (Å²) in [6.07, 6.45) is 3.73. The van der Waals surface area contributed by atoms with Crippen molar-refractivity contribution in [1.82, 2.24) is 5.32 Å². The molecule has 1 aliphatic rings. The predicted molar refractivity (Wildman–Crippen MR) is 68.4 cm³/mol. The van der Waals surface area contributed by atoms with Crippen molar-refractivity contribution in [2.24, 2.45) is 5.73 Å². The minimum Gasteiger partial charge on any atom is -0.348 e. The Morgan fingerprint density at radius 2 is 1.88 bits per heavy atom. The van der Waals surface area contributed by atoms with Crippen LogP contribution in [0.25, 0.3) is 0 Å². The molecule has 3 nitrogen and oxygen atoms in total. The summed E-state index contributed by atoms with van der Waals surface area (Å²) < 4.78 is 0. The van der Waals surface area contributed by atoms with E-state index in [9.17, 15) is 4.79 Å². The predicted octanol–water partition coefficient (Wildman–Crippen LogP) is 2.14. The molecule has 2 rings (SSSR count). The van der Waals surface area contributed by atoms with Gasteiger partial charge in [-0.15, -0.1) is 0 Å². The first kappa shape index (κ1) is 12.1. The lowest BCUT2D eigenvalue weighted by Crippen LogP contribution is -2.52. The number of carbonyl (C=O) groups excluding carboxylic acids is 1. The van der Waals surface area contributed by atoms with E-state index in [2.05, 4.69) is 5.32 Å². The fourth-order valence-electron chi connectivity index (χ4n) is 2.40. The topological polar surface area (TPSA) is 55.1 Å². The third-order valence-electron chi connectivity index (χ3n) is 3.60. The van der Waals surface area contributed by atoms with Crippen molar-refractivity contribution in [3.63, 3.8) is 0 Å². The quantitative estimate of drug-likeness (QED) is 0.839. The van der Waals surface area contributed by atoms with Gasteiger partial charge in [0.1, 0.15) is 0 Å². The Morgan fingerprint density at radius 3 is 2.47 bits per heavy atom. The summed E-state index contributed by atoms with van der Waals surface area (Å²) in [5.74, 6) is -0.00801. The van der Waals surface area contributed by atoms with E-state index in [0.717, 1.165) is 31.2 Å². The van der Waals surface area contributed by atoms with Crippen LogP contribution in [0.5, 0.6) is 0 Å². The second-order valence-electron chi connectivity index (χ2n) is 4.97. The van der Waals surface area contributed by atoms with Gasteiger partial charge < -0.3 is 11.1 Å². The molecule has 0 aliphatic heterocycles. The highest BCUT2D eigenvalue weighted by Crippen LogP contribution is 2.28. The van der Waals surface area contributed by atoms with Gasteiger partial charge in [0.15, 0.2) is 0 Å². The molecule has 1 atom stereocenters. The largest absolute Gasteiger partial charge is 0.348 e. The molecule has 1 aromatic carbocycles. The lowest BCUT2D eigenvalue weighted by Gasteiger charge is -2.25.